The van der Waals surface area contributed by atoms with Gasteiger partial charge in [0, 0.05) is 46.5 Å². The van der Waals surface area contributed by atoms with Crippen molar-refractivity contribution in [2.45, 2.75) is 46.0 Å². The van der Waals surface area contributed by atoms with Crippen LogP contribution >= 0.6 is 23.2 Å². The minimum Gasteiger partial charge on any atom is -0.493 e. The number of benzene rings is 2. The van der Waals surface area contributed by atoms with Crippen molar-refractivity contribution < 1.29 is 37.3 Å². The average Bonchev–Trinajstić information content (AvgIpc) is 2.79. The summed E-state index contributed by atoms with van der Waals surface area (Å²) in [6, 6.07) is 11.3. The average molecular weight is 579 g/mol. The zero-order valence-electron chi connectivity index (χ0n) is 21.6. The summed E-state index contributed by atoms with van der Waals surface area (Å²) < 4.78 is 43.1. The second-order valence-electron chi connectivity index (χ2n) is 8.47. The Bertz CT molecular complexity index is 1080. The lowest BCUT2D eigenvalue weighted by Crippen LogP contribution is -2.39. The first-order chi connectivity index (χ1) is 17.6. The number of carboxylic acid groups (broad SMARTS) is 1. The third kappa shape index (κ3) is 12.1. The molecule has 2 aromatic rings. The number of methoxy groups -OCH3 is 1. The van der Waals surface area contributed by atoms with E-state index in [9.17, 15) is 18.0 Å². The lowest BCUT2D eigenvalue weighted by Gasteiger charge is -2.30. The maximum absolute atomic E-state index is 12.3. The van der Waals surface area contributed by atoms with Gasteiger partial charge in [-0.2, -0.15) is 13.2 Å². The Kier molecular flexibility index (Phi) is 13.5. The topological polar surface area (TPSA) is 88.1 Å². The fourth-order valence-corrected chi connectivity index (χ4v) is 3.81. The summed E-state index contributed by atoms with van der Waals surface area (Å²) in [7, 11) is 1.59. The molecule has 0 spiro atoms. The fourth-order valence-electron chi connectivity index (χ4n) is 3.27. The largest absolute Gasteiger partial charge is 0.493 e. The maximum atomic E-state index is 12.3. The molecule has 0 bridgehead atoms. The molecule has 210 valence electrons. The molecule has 2 aromatic carbocycles. The van der Waals surface area contributed by atoms with Gasteiger partial charge in [0.25, 0.3) is 0 Å². The van der Waals surface area contributed by atoms with Crippen molar-refractivity contribution >= 4 is 46.8 Å². The molecule has 0 fully saturated rings. The van der Waals surface area contributed by atoms with Crippen LogP contribution in [0.2, 0.25) is 10.0 Å². The minimum atomic E-state index is -5.08. The number of hydrogen-bond donors (Lipinski definition) is 2. The monoisotopic (exact) mass is 578 g/mol. The zero-order chi connectivity index (χ0) is 29.0. The highest BCUT2D eigenvalue weighted by Crippen LogP contribution is 2.30. The molecular formula is C26H31Cl2F3N2O5. The molecule has 0 saturated carbocycles. The first-order valence-electron chi connectivity index (χ1n) is 11.5. The second-order valence-corrected chi connectivity index (χ2v) is 9.34. The lowest BCUT2D eigenvalue weighted by atomic mass is 10.2. The number of halogens is 5. The van der Waals surface area contributed by atoms with Crippen LogP contribution in [0, 0.1) is 0 Å². The van der Waals surface area contributed by atoms with Gasteiger partial charge in [-0.05, 0) is 69.7 Å². The number of carbonyl (C=O) groups is 2. The molecule has 0 aliphatic carbocycles. The van der Waals surface area contributed by atoms with Crippen LogP contribution in [0.1, 0.15) is 33.3 Å². The van der Waals surface area contributed by atoms with Crippen molar-refractivity contribution in [3.63, 3.8) is 0 Å². The standard InChI is InChI=1S/C24H30Cl2N2O3.C2HF3O2/c1-16(2)28(17(3)4)10-11-31-23-15-21(7-8-22(23)30-5)27-24(29)9-6-18-12-19(25)14-20(26)13-18;3-2(4,5)1(6)7/h6-9,12-17H,10-11H2,1-5H3,(H,27,29);(H,6,7)/b9-6+;. The number of carbonyl (C=O) groups excluding carboxylic acids is 1. The molecular weight excluding hydrogens is 548 g/mol. The highest BCUT2D eigenvalue weighted by molar-refractivity contribution is 6.34. The Morgan fingerprint density at radius 3 is 2.05 bits per heavy atom. The van der Waals surface area contributed by atoms with Gasteiger partial charge in [-0.3, -0.25) is 9.69 Å². The van der Waals surface area contributed by atoms with E-state index in [2.05, 4.69) is 37.9 Å². The van der Waals surface area contributed by atoms with Crippen molar-refractivity contribution in [2.24, 2.45) is 0 Å². The van der Waals surface area contributed by atoms with Crippen LogP contribution in [0.25, 0.3) is 6.08 Å². The van der Waals surface area contributed by atoms with Gasteiger partial charge in [-0.15, -0.1) is 0 Å². The van der Waals surface area contributed by atoms with E-state index in [-0.39, 0.29) is 5.91 Å². The Hall–Kier alpha value is -2.95. The number of alkyl halides is 3. The van der Waals surface area contributed by atoms with E-state index in [1.807, 2.05) is 0 Å². The quantitative estimate of drug-likeness (QED) is 0.302. The van der Waals surface area contributed by atoms with Crippen LogP contribution in [0.3, 0.4) is 0 Å². The number of hydrogen-bond acceptors (Lipinski definition) is 5. The molecule has 0 aliphatic rings. The zero-order valence-corrected chi connectivity index (χ0v) is 23.1. The number of rotatable bonds is 10. The van der Waals surface area contributed by atoms with E-state index >= 15 is 0 Å². The molecule has 0 radical (unpaired) electrons. The van der Waals surface area contributed by atoms with Crippen LogP contribution in [0.4, 0.5) is 18.9 Å². The van der Waals surface area contributed by atoms with Gasteiger partial charge in [0.05, 0.1) is 7.11 Å². The Morgan fingerprint density at radius 2 is 1.58 bits per heavy atom. The van der Waals surface area contributed by atoms with Crippen molar-refractivity contribution in [3.8, 4) is 11.5 Å². The summed E-state index contributed by atoms with van der Waals surface area (Å²) in [5.74, 6) is -1.84. The van der Waals surface area contributed by atoms with Gasteiger partial charge in [0.15, 0.2) is 11.5 Å². The smallest absolute Gasteiger partial charge is 0.490 e. The summed E-state index contributed by atoms with van der Waals surface area (Å²) in [4.78, 5) is 23.6. The minimum absolute atomic E-state index is 0.280. The van der Waals surface area contributed by atoms with Crippen LogP contribution in [0.15, 0.2) is 42.5 Å². The van der Waals surface area contributed by atoms with Crippen LogP contribution < -0.4 is 14.8 Å². The second kappa shape index (κ2) is 15.5. The molecule has 0 aromatic heterocycles. The first kappa shape index (κ1) is 33.1. The number of nitrogens with zero attached hydrogens (tertiary/aromatic N) is 1. The van der Waals surface area contributed by atoms with Crippen LogP contribution in [0.5, 0.6) is 11.5 Å². The number of anilines is 1. The van der Waals surface area contributed by atoms with Crippen molar-refractivity contribution in [2.75, 3.05) is 25.6 Å². The summed E-state index contributed by atoms with van der Waals surface area (Å²) in [6.45, 7) is 9.98. The van der Waals surface area contributed by atoms with Gasteiger partial charge >= 0.3 is 12.1 Å². The molecule has 0 unspecified atom stereocenters. The van der Waals surface area contributed by atoms with Crippen LogP contribution in [-0.2, 0) is 9.59 Å². The normalized spacial score (nSPS) is 11.5. The molecule has 38 heavy (non-hydrogen) atoms. The van der Waals surface area contributed by atoms with E-state index in [0.29, 0.717) is 45.9 Å². The lowest BCUT2D eigenvalue weighted by molar-refractivity contribution is -0.192. The molecule has 0 atom stereocenters. The number of ether oxygens (including phenoxy) is 2. The van der Waals surface area contributed by atoms with Gasteiger partial charge in [0.2, 0.25) is 5.91 Å². The fraction of sp³-hybridized carbons (Fsp3) is 0.385. The third-order valence-corrected chi connectivity index (χ3v) is 5.36. The summed E-state index contributed by atoms with van der Waals surface area (Å²) >= 11 is 12.0. The summed E-state index contributed by atoms with van der Waals surface area (Å²) in [5.41, 5.74) is 1.35. The van der Waals surface area contributed by atoms with Gasteiger partial charge in [-0.25, -0.2) is 4.79 Å². The van der Waals surface area contributed by atoms with E-state index < -0.39 is 12.1 Å². The summed E-state index contributed by atoms with van der Waals surface area (Å²) in [5, 5.41) is 11.0. The van der Waals surface area contributed by atoms with Crippen molar-refractivity contribution in [3.05, 3.63) is 58.1 Å². The van der Waals surface area contributed by atoms with Gasteiger partial charge in [0.1, 0.15) is 6.61 Å². The first-order valence-corrected chi connectivity index (χ1v) is 12.2. The van der Waals surface area contributed by atoms with E-state index in [0.717, 1.165) is 12.1 Å². The summed E-state index contributed by atoms with van der Waals surface area (Å²) in [6.07, 6.45) is -2.00. The van der Waals surface area contributed by atoms with Gasteiger partial charge < -0.3 is 19.9 Å². The number of nitrogens with one attached hydrogen (secondary N) is 1. The van der Waals surface area contributed by atoms with Crippen molar-refractivity contribution in [1.82, 2.24) is 4.90 Å². The Morgan fingerprint density at radius 1 is 1.03 bits per heavy atom. The number of amides is 1. The number of carboxylic acids is 1. The van der Waals surface area contributed by atoms with Crippen LogP contribution in [-0.4, -0.2) is 60.4 Å². The van der Waals surface area contributed by atoms with E-state index in [1.165, 1.54) is 6.08 Å². The molecule has 0 heterocycles. The maximum Gasteiger partial charge on any atom is 0.490 e. The molecule has 2 N–H and O–H groups in total. The molecule has 12 heteroatoms. The third-order valence-electron chi connectivity index (χ3n) is 4.92. The predicted octanol–water partition coefficient (Wildman–Crippen LogP) is 6.78. The molecule has 0 saturated heterocycles. The number of aliphatic carboxylic acids is 1. The van der Waals surface area contributed by atoms with Crippen molar-refractivity contribution in [1.29, 1.82) is 0 Å². The van der Waals surface area contributed by atoms with Gasteiger partial charge in [-0.1, -0.05) is 23.2 Å². The molecule has 1 amide bonds. The molecule has 2 rings (SSSR count). The molecule has 7 nitrogen and oxygen atoms in total. The SMILES string of the molecule is COc1ccc(NC(=O)/C=C/c2cc(Cl)cc(Cl)c2)cc1OCCN(C(C)C)C(C)C.O=C(O)C(F)(F)F. The Labute approximate surface area is 230 Å². The molecule has 0 aliphatic heterocycles. The Balaban J connectivity index is 0.000000905. The van der Waals surface area contributed by atoms with E-state index in [4.69, 9.17) is 42.6 Å². The highest BCUT2D eigenvalue weighted by Gasteiger charge is 2.38. The van der Waals surface area contributed by atoms with E-state index in [1.54, 1.807) is 49.6 Å². The highest BCUT2D eigenvalue weighted by atomic mass is 35.5. The predicted molar refractivity (Wildman–Crippen MR) is 143 cm³/mol.